The number of unbranched alkanes of at least 4 members (excludes halogenated alkanes) is 5. The van der Waals surface area contributed by atoms with Crippen LogP contribution >= 0.6 is 0 Å². The third-order valence-electron chi connectivity index (χ3n) is 5.78. The summed E-state index contributed by atoms with van der Waals surface area (Å²) in [6.45, 7) is 4.12. The van der Waals surface area contributed by atoms with Gasteiger partial charge in [0.05, 0.1) is 16.1 Å². The van der Waals surface area contributed by atoms with Gasteiger partial charge in [0.2, 0.25) is 0 Å². The van der Waals surface area contributed by atoms with Gasteiger partial charge in [-0.2, -0.15) is 0 Å². The third kappa shape index (κ3) is 7.45. The van der Waals surface area contributed by atoms with Gasteiger partial charge < -0.3 is 5.32 Å². The Morgan fingerprint density at radius 1 is 0.794 bits per heavy atom. The summed E-state index contributed by atoms with van der Waals surface area (Å²) >= 11 is 0. The number of sulfonamides is 1. The summed E-state index contributed by atoms with van der Waals surface area (Å²) in [5.41, 5.74) is 3.39. The standard InChI is InChI=1S/C28H34N2O3S/c1-3-4-5-6-7-8-11-23-16-18-24(19-17-23)29-28(31)26-12-9-10-13-27(26)30-34(32,33)25-20-14-22(2)15-21-25/h9-10,12-21,30H,3-8,11H2,1-2H3,(H,29,31). The van der Waals surface area contributed by atoms with Crippen LogP contribution < -0.4 is 10.0 Å². The van der Waals surface area contributed by atoms with Crippen LogP contribution in [-0.4, -0.2) is 14.3 Å². The lowest BCUT2D eigenvalue weighted by Crippen LogP contribution is -2.18. The molecule has 0 aliphatic rings. The van der Waals surface area contributed by atoms with Crippen molar-refractivity contribution in [1.82, 2.24) is 0 Å². The molecule has 3 aromatic carbocycles. The van der Waals surface area contributed by atoms with Crippen LogP contribution in [0.25, 0.3) is 0 Å². The first kappa shape index (κ1) is 25.5. The molecule has 0 heterocycles. The molecule has 6 heteroatoms. The maximum Gasteiger partial charge on any atom is 0.261 e. The van der Waals surface area contributed by atoms with Crippen molar-refractivity contribution in [3.63, 3.8) is 0 Å². The predicted octanol–water partition coefficient (Wildman–Crippen LogP) is 6.95. The minimum atomic E-state index is -3.81. The van der Waals surface area contributed by atoms with Gasteiger partial charge in [-0.1, -0.05) is 81.0 Å². The Morgan fingerprint density at radius 2 is 1.44 bits per heavy atom. The van der Waals surface area contributed by atoms with E-state index in [1.165, 1.54) is 44.1 Å². The molecule has 0 unspecified atom stereocenters. The lowest BCUT2D eigenvalue weighted by molar-refractivity contribution is 0.102. The van der Waals surface area contributed by atoms with E-state index in [0.29, 0.717) is 5.69 Å². The van der Waals surface area contributed by atoms with E-state index >= 15 is 0 Å². The van der Waals surface area contributed by atoms with E-state index in [-0.39, 0.29) is 22.1 Å². The quantitative estimate of drug-likeness (QED) is 0.277. The van der Waals surface area contributed by atoms with Crippen LogP contribution in [0.3, 0.4) is 0 Å². The molecule has 1 amide bonds. The highest BCUT2D eigenvalue weighted by atomic mass is 32.2. The third-order valence-corrected chi connectivity index (χ3v) is 7.16. The molecule has 0 radical (unpaired) electrons. The molecule has 0 spiro atoms. The molecule has 0 aliphatic carbocycles. The maximum absolute atomic E-state index is 12.9. The van der Waals surface area contributed by atoms with Crippen LogP contribution in [-0.2, 0) is 16.4 Å². The molecule has 180 valence electrons. The minimum absolute atomic E-state index is 0.147. The lowest BCUT2D eigenvalue weighted by atomic mass is 10.0. The first-order valence-corrected chi connectivity index (χ1v) is 13.5. The summed E-state index contributed by atoms with van der Waals surface area (Å²) < 4.78 is 28.2. The topological polar surface area (TPSA) is 75.3 Å². The number of benzene rings is 3. The molecular formula is C28H34N2O3S. The van der Waals surface area contributed by atoms with Gasteiger partial charge in [0.15, 0.2) is 0 Å². The first-order chi connectivity index (χ1) is 16.4. The van der Waals surface area contributed by atoms with E-state index in [1.807, 2.05) is 31.2 Å². The SMILES string of the molecule is CCCCCCCCc1ccc(NC(=O)c2ccccc2NS(=O)(=O)c2ccc(C)cc2)cc1. The van der Waals surface area contributed by atoms with Gasteiger partial charge >= 0.3 is 0 Å². The molecule has 0 saturated carbocycles. The van der Waals surface area contributed by atoms with E-state index in [9.17, 15) is 13.2 Å². The predicted molar refractivity (Wildman–Crippen MR) is 140 cm³/mol. The van der Waals surface area contributed by atoms with Crippen LogP contribution in [0.5, 0.6) is 0 Å². The maximum atomic E-state index is 12.9. The van der Waals surface area contributed by atoms with Crippen molar-refractivity contribution in [3.05, 3.63) is 89.5 Å². The largest absolute Gasteiger partial charge is 0.322 e. The van der Waals surface area contributed by atoms with Crippen molar-refractivity contribution in [2.24, 2.45) is 0 Å². The molecule has 34 heavy (non-hydrogen) atoms. The molecule has 5 nitrogen and oxygen atoms in total. The Kier molecular flexibility index (Phi) is 9.28. The zero-order valence-corrected chi connectivity index (χ0v) is 20.8. The molecule has 0 aromatic heterocycles. The summed E-state index contributed by atoms with van der Waals surface area (Å²) in [6, 6.07) is 21.0. The number of rotatable bonds is 12. The van der Waals surface area contributed by atoms with Crippen molar-refractivity contribution in [2.45, 2.75) is 63.7 Å². The Balaban J connectivity index is 1.62. The fourth-order valence-corrected chi connectivity index (χ4v) is 4.83. The summed E-state index contributed by atoms with van der Waals surface area (Å²) in [4.78, 5) is 13.1. The molecule has 2 N–H and O–H groups in total. The second kappa shape index (κ2) is 12.4. The van der Waals surface area contributed by atoms with Gasteiger partial charge in [0, 0.05) is 5.69 Å². The van der Waals surface area contributed by atoms with Crippen molar-refractivity contribution in [2.75, 3.05) is 10.0 Å². The van der Waals surface area contributed by atoms with Crippen molar-refractivity contribution >= 4 is 27.3 Å². The Morgan fingerprint density at radius 3 is 2.15 bits per heavy atom. The monoisotopic (exact) mass is 478 g/mol. The molecule has 0 bridgehead atoms. The Bertz CT molecular complexity index is 1170. The smallest absolute Gasteiger partial charge is 0.261 e. The number of anilines is 2. The zero-order chi connectivity index (χ0) is 24.4. The van der Waals surface area contributed by atoms with E-state index in [2.05, 4.69) is 17.0 Å². The van der Waals surface area contributed by atoms with Gasteiger partial charge in [-0.3, -0.25) is 9.52 Å². The number of carbonyl (C=O) groups excluding carboxylic acids is 1. The molecule has 3 aromatic rings. The van der Waals surface area contributed by atoms with Gasteiger partial charge in [-0.15, -0.1) is 0 Å². The number of nitrogens with one attached hydrogen (secondary N) is 2. The number of para-hydroxylation sites is 1. The summed E-state index contributed by atoms with van der Waals surface area (Å²) in [5.74, 6) is -0.370. The fourth-order valence-electron chi connectivity index (χ4n) is 3.75. The Labute approximate surface area is 203 Å². The molecule has 0 saturated heterocycles. The molecular weight excluding hydrogens is 444 g/mol. The molecule has 3 rings (SSSR count). The zero-order valence-electron chi connectivity index (χ0n) is 20.0. The van der Waals surface area contributed by atoms with Crippen molar-refractivity contribution in [3.8, 4) is 0 Å². The van der Waals surface area contributed by atoms with E-state index < -0.39 is 10.0 Å². The average Bonchev–Trinajstić information content (AvgIpc) is 2.82. The van der Waals surface area contributed by atoms with Crippen LogP contribution in [0.4, 0.5) is 11.4 Å². The summed E-state index contributed by atoms with van der Waals surface area (Å²) in [7, 11) is -3.81. The summed E-state index contributed by atoms with van der Waals surface area (Å²) in [5, 5.41) is 2.88. The molecule has 0 fully saturated rings. The van der Waals surface area contributed by atoms with Crippen LogP contribution in [0, 0.1) is 6.92 Å². The van der Waals surface area contributed by atoms with Crippen LogP contribution in [0.15, 0.2) is 77.7 Å². The highest BCUT2D eigenvalue weighted by Crippen LogP contribution is 2.22. The number of hydrogen-bond donors (Lipinski definition) is 2. The van der Waals surface area contributed by atoms with Gasteiger partial charge in [0.25, 0.3) is 15.9 Å². The normalized spacial score (nSPS) is 11.2. The number of amides is 1. The average molecular weight is 479 g/mol. The van der Waals surface area contributed by atoms with Crippen LogP contribution in [0.1, 0.15) is 66.9 Å². The second-order valence-corrected chi connectivity index (χ2v) is 10.3. The van der Waals surface area contributed by atoms with E-state index in [0.717, 1.165) is 12.0 Å². The highest BCUT2D eigenvalue weighted by Gasteiger charge is 2.18. The van der Waals surface area contributed by atoms with Crippen LogP contribution in [0.2, 0.25) is 0 Å². The van der Waals surface area contributed by atoms with Gasteiger partial charge in [-0.25, -0.2) is 8.42 Å². The summed E-state index contributed by atoms with van der Waals surface area (Å²) in [6.07, 6.45) is 8.61. The fraction of sp³-hybridized carbons (Fsp3) is 0.321. The number of hydrogen-bond acceptors (Lipinski definition) is 3. The Hall–Kier alpha value is -3.12. The van der Waals surface area contributed by atoms with E-state index in [4.69, 9.17) is 0 Å². The molecule has 0 aliphatic heterocycles. The number of carbonyl (C=O) groups is 1. The van der Waals surface area contributed by atoms with Gasteiger partial charge in [0.1, 0.15) is 0 Å². The van der Waals surface area contributed by atoms with Crippen molar-refractivity contribution < 1.29 is 13.2 Å². The van der Waals surface area contributed by atoms with Gasteiger partial charge in [-0.05, 0) is 61.7 Å². The van der Waals surface area contributed by atoms with E-state index in [1.54, 1.807) is 48.5 Å². The number of aryl methyl sites for hydroxylation is 2. The molecule has 0 atom stereocenters. The lowest BCUT2D eigenvalue weighted by Gasteiger charge is -2.13. The van der Waals surface area contributed by atoms with Crippen molar-refractivity contribution in [1.29, 1.82) is 0 Å². The highest BCUT2D eigenvalue weighted by molar-refractivity contribution is 7.92. The second-order valence-electron chi connectivity index (χ2n) is 8.63. The minimum Gasteiger partial charge on any atom is -0.322 e. The first-order valence-electron chi connectivity index (χ1n) is 12.0.